The third-order valence-electron chi connectivity index (χ3n) is 4.85. The molecule has 1 aliphatic rings. The summed E-state index contributed by atoms with van der Waals surface area (Å²) in [6, 6.07) is 13.8. The number of hydrogen-bond acceptors (Lipinski definition) is 5. The van der Waals surface area contributed by atoms with Crippen LogP contribution in [0.3, 0.4) is 0 Å². The number of nitrogens with one attached hydrogen (secondary N) is 1. The standard InChI is InChI=1S/C21H25N3O5S/c1-3-23(4-2)30(27,28)17-10-11-19-18(12-17)24(21(26)15-29-19)14-20(25)22-13-16-8-6-5-7-9-16/h5-12H,3-4,13-15H2,1-2H3,(H,22,25). The lowest BCUT2D eigenvalue weighted by molar-refractivity contribution is -0.125. The fraction of sp³-hybridized carbons (Fsp3) is 0.333. The Balaban J connectivity index is 1.82. The van der Waals surface area contributed by atoms with Gasteiger partial charge in [-0.1, -0.05) is 44.2 Å². The Morgan fingerprint density at radius 3 is 2.50 bits per heavy atom. The quantitative estimate of drug-likeness (QED) is 0.687. The third-order valence-corrected chi connectivity index (χ3v) is 6.90. The van der Waals surface area contributed by atoms with Gasteiger partial charge in [0.15, 0.2) is 6.61 Å². The van der Waals surface area contributed by atoms with E-state index in [-0.39, 0.29) is 29.6 Å². The number of benzene rings is 2. The summed E-state index contributed by atoms with van der Waals surface area (Å²) in [6.45, 7) is 4.08. The van der Waals surface area contributed by atoms with Crippen molar-refractivity contribution in [2.45, 2.75) is 25.3 Å². The molecule has 0 spiro atoms. The summed E-state index contributed by atoms with van der Waals surface area (Å²) >= 11 is 0. The lowest BCUT2D eigenvalue weighted by atomic mass is 10.2. The molecule has 1 heterocycles. The van der Waals surface area contributed by atoms with E-state index < -0.39 is 15.9 Å². The smallest absolute Gasteiger partial charge is 0.265 e. The lowest BCUT2D eigenvalue weighted by Crippen LogP contribution is -2.45. The number of nitrogens with zero attached hydrogens (tertiary/aromatic N) is 2. The first-order valence-corrected chi connectivity index (χ1v) is 11.2. The number of sulfonamides is 1. The molecule has 8 nitrogen and oxygen atoms in total. The van der Waals surface area contributed by atoms with Gasteiger partial charge in [0, 0.05) is 19.6 Å². The minimum atomic E-state index is -3.71. The Labute approximate surface area is 176 Å². The number of ether oxygens (including phenoxy) is 1. The molecular weight excluding hydrogens is 406 g/mol. The predicted molar refractivity (Wildman–Crippen MR) is 113 cm³/mol. The van der Waals surface area contributed by atoms with E-state index in [1.54, 1.807) is 13.8 Å². The van der Waals surface area contributed by atoms with Crippen LogP contribution in [0, 0.1) is 0 Å². The molecule has 1 N–H and O–H groups in total. The van der Waals surface area contributed by atoms with E-state index in [4.69, 9.17) is 4.74 Å². The Kier molecular flexibility index (Phi) is 6.73. The van der Waals surface area contributed by atoms with Crippen molar-refractivity contribution in [1.29, 1.82) is 0 Å². The van der Waals surface area contributed by atoms with Crippen LogP contribution in [0.2, 0.25) is 0 Å². The zero-order valence-electron chi connectivity index (χ0n) is 17.0. The Hall–Kier alpha value is -2.91. The Morgan fingerprint density at radius 2 is 1.83 bits per heavy atom. The molecule has 2 aromatic rings. The monoisotopic (exact) mass is 431 g/mol. The molecule has 2 amide bonds. The summed E-state index contributed by atoms with van der Waals surface area (Å²) in [6.07, 6.45) is 0. The molecule has 9 heteroatoms. The van der Waals surface area contributed by atoms with Gasteiger partial charge >= 0.3 is 0 Å². The molecule has 0 fully saturated rings. The zero-order chi connectivity index (χ0) is 21.7. The van der Waals surface area contributed by atoms with Gasteiger partial charge in [0.1, 0.15) is 12.3 Å². The van der Waals surface area contributed by atoms with Crippen molar-refractivity contribution in [1.82, 2.24) is 9.62 Å². The minimum absolute atomic E-state index is 0.0537. The number of fused-ring (bicyclic) bond motifs is 1. The third kappa shape index (κ3) is 4.63. The second kappa shape index (κ2) is 9.27. The maximum atomic E-state index is 12.9. The van der Waals surface area contributed by atoms with Gasteiger partial charge in [0.2, 0.25) is 15.9 Å². The van der Waals surface area contributed by atoms with Crippen LogP contribution in [0.5, 0.6) is 5.75 Å². The number of anilines is 1. The van der Waals surface area contributed by atoms with Crippen molar-refractivity contribution in [2.24, 2.45) is 0 Å². The second-order valence-electron chi connectivity index (χ2n) is 6.75. The molecule has 30 heavy (non-hydrogen) atoms. The SMILES string of the molecule is CCN(CC)S(=O)(=O)c1ccc2c(c1)N(CC(=O)NCc1ccccc1)C(=O)CO2. The summed E-state index contributed by atoms with van der Waals surface area (Å²) in [5, 5.41) is 2.78. The van der Waals surface area contributed by atoms with Crippen molar-refractivity contribution in [3.8, 4) is 5.75 Å². The molecule has 0 bridgehead atoms. The van der Waals surface area contributed by atoms with Gasteiger partial charge in [-0.2, -0.15) is 4.31 Å². The van der Waals surface area contributed by atoms with Crippen molar-refractivity contribution in [3.63, 3.8) is 0 Å². The first kappa shape index (κ1) is 21.8. The van der Waals surface area contributed by atoms with Crippen LogP contribution in [0.4, 0.5) is 5.69 Å². The number of carbonyl (C=O) groups is 2. The summed E-state index contributed by atoms with van der Waals surface area (Å²) in [5.74, 6) is -0.393. The van der Waals surface area contributed by atoms with E-state index in [9.17, 15) is 18.0 Å². The van der Waals surface area contributed by atoms with E-state index in [0.717, 1.165) is 5.56 Å². The molecule has 0 saturated carbocycles. The van der Waals surface area contributed by atoms with Crippen LogP contribution in [-0.2, 0) is 26.2 Å². The van der Waals surface area contributed by atoms with Crippen LogP contribution in [0.25, 0.3) is 0 Å². The Bertz CT molecular complexity index is 1020. The summed E-state index contributed by atoms with van der Waals surface area (Å²) in [4.78, 5) is 26.2. The number of rotatable bonds is 8. The fourth-order valence-electron chi connectivity index (χ4n) is 3.22. The van der Waals surface area contributed by atoms with Gasteiger partial charge in [-0.05, 0) is 23.8 Å². The van der Waals surface area contributed by atoms with Crippen molar-refractivity contribution in [2.75, 3.05) is 31.1 Å². The minimum Gasteiger partial charge on any atom is -0.482 e. The number of hydrogen-bond donors (Lipinski definition) is 1. The van der Waals surface area contributed by atoms with Gasteiger partial charge in [-0.3, -0.25) is 14.5 Å². The van der Waals surface area contributed by atoms with Gasteiger partial charge in [-0.25, -0.2) is 8.42 Å². The molecule has 0 saturated heterocycles. The highest BCUT2D eigenvalue weighted by molar-refractivity contribution is 7.89. The van der Waals surface area contributed by atoms with Crippen LogP contribution < -0.4 is 15.0 Å². The maximum Gasteiger partial charge on any atom is 0.265 e. The van der Waals surface area contributed by atoms with Crippen LogP contribution in [-0.4, -0.2) is 50.8 Å². The van der Waals surface area contributed by atoms with E-state index in [1.165, 1.54) is 27.4 Å². The lowest BCUT2D eigenvalue weighted by Gasteiger charge is -2.29. The van der Waals surface area contributed by atoms with Gasteiger partial charge in [0.25, 0.3) is 5.91 Å². The average Bonchev–Trinajstić information content (AvgIpc) is 2.75. The molecule has 0 radical (unpaired) electrons. The molecule has 160 valence electrons. The highest BCUT2D eigenvalue weighted by Gasteiger charge is 2.30. The van der Waals surface area contributed by atoms with Gasteiger partial charge in [-0.15, -0.1) is 0 Å². The van der Waals surface area contributed by atoms with Crippen molar-refractivity contribution >= 4 is 27.5 Å². The highest BCUT2D eigenvalue weighted by Crippen LogP contribution is 2.34. The van der Waals surface area contributed by atoms with Crippen molar-refractivity contribution < 1.29 is 22.7 Å². The molecule has 3 rings (SSSR count). The molecule has 2 aromatic carbocycles. The summed E-state index contributed by atoms with van der Waals surface area (Å²) in [5.41, 5.74) is 1.21. The summed E-state index contributed by atoms with van der Waals surface area (Å²) < 4.78 is 32.5. The first-order chi connectivity index (χ1) is 14.4. The molecule has 1 aliphatic heterocycles. The molecule has 0 aliphatic carbocycles. The predicted octanol–water partition coefficient (Wildman–Crippen LogP) is 1.76. The van der Waals surface area contributed by atoms with E-state index >= 15 is 0 Å². The highest BCUT2D eigenvalue weighted by atomic mass is 32.2. The zero-order valence-corrected chi connectivity index (χ0v) is 17.8. The molecule has 0 atom stereocenters. The van der Waals surface area contributed by atoms with Crippen LogP contribution in [0.15, 0.2) is 53.4 Å². The van der Waals surface area contributed by atoms with Crippen LogP contribution in [0.1, 0.15) is 19.4 Å². The van der Waals surface area contributed by atoms with Gasteiger partial charge in [0.05, 0.1) is 10.6 Å². The largest absolute Gasteiger partial charge is 0.482 e. The molecule has 0 aromatic heterocycles. The number of carbonyl (C=O) groups excluding carboxylic acids is 2. The van der Waals surface area contributed by atoms with Gasteiger partial charge < -0.3 is 10.1 Å². The fourth-order valence-corrected chi connectivity index (χ4v) is 4.70. The van der Waals surface area contributed by atoms with E-state index in [2.05, 4.69) is 5.32 Å². The van der Waals surface area contributed by atoms with Crippen LogP contribution >= 0.6 is 0 Å². The van der Waals surface area contributed by atoms with E-state index in [1.807, 2.05) is 30.3 Å². The van der Waals surface area contributed by atoms with E-state index in [0.29, 0.717) is 25.4 Å². The average molecular weight is 432 g/mol. The molecular formula is C21H25N3O5S. The second-order valence-corrected chi connectivity index (χ2v) is 8.69. The molecule has 0 unspecified atom stereocenters. The first-order valence-electron chi connectivity index (χ1n) is 9.74. The normalized spacial score (nSPS) is 13.7. The Morgan fingerprint density at radius 1 is 1.13 bits per heavy atom. The topological polar surface area (TPSA) is 96.0 Å². The number of amides is 2. The maximum absolute atomic E-state index is 12.9. The summed E-state index contributed by atoms with van der Waals surface area (Å²) in [7, 11) is -3.71. The van der Waals surface area contributed by atoms with Crippen molar-refractivity contribution in [3.05, 3.63) is 54.1 Å².